The molecule has 0 aromatic heterocycles. The van der Waals surface area contributed by atoms with Gasteiger partial charge in [-0.2, -0.15) is 4.31 Å². The highest BCUT2D eigenvalue weighted by molar-refractivity contribution is 7.92. The Morgan fingerprint density at radius 2 is 1.96 bits per heavy atom. The number of benzene rings is 1. The van der Waals surface area contributed by atoms with E-state index in [2.05, 4.69) is 0 Å². The van der Waals surface area contributed by atoms with E-state index in [4.69, 9.17) is 0 Å². The molecule has 2 rings (SSSR count). The summed E-state index contributed by atoms with van der Waals surface area (Å²) in [6, 6.07) is 4.63. The monoisotopic (exact) mass is 359 g/mol. The van der Waals surface area contributed by atoms with E-state index in [0.717, 1.165) is 5.56 Å². The summed E-state index contributed by atoms with van der Waals surface area (Å²) in [7, 11) is -6.88. The zero-order chi connectivity index (χ0) is 17.4. The van der Waals surface area contributed by atoms with Crippen LogP contribution >= 0.6 is 0 Å². The molecule has 0 spiro atoms. The molecule has 0 N–H and O–H groups in total. The number of aryl methyl sites for hydroxylation is 2. The van der Waals surface area contributed by atoms with Crippen molar-refractivity contribution in [1.29, 1.82) is 0 Å². The Bertz CT molecular complexity index is 784. The Morgan fingerprint density at radius 1 is 1.30 bits per heavy atom. The molecule has 1 fully saturated rings. The molecular formula is C16H25NO4S2. The van der Waals surface area contributed by atoms with Crippen molar-refractivity contribution in [3.8, 4) is 0 Å². The summed E-state index contributed by atoms with van der Waals surface area (Å²) in [5, 5.41) is 0. The summed E-state index contributed by atoms with van der Waals surface area (Å²) in [4.78, 5) is 0.280. The predicted molar refractivity (Wildman–Crippen MR) is 91.8 cm³/mol. The van der Waals surface area contributed by atoms with Crippen molar-refractivity contribution in [3.05, 3.63) is 29.3 Å². The van der Waals surface area contributed by atoms with Crippen molar-refractivity contribution < 1.29 is 16.8 Å². The summed E-state index contributed by atoms with van der Waals surface area (Å²) in [5.74, 6) is -0.0195. The molecule has 1 aromatic carbocycles. The molecule has 0 unspecified atom stereocenters. The van der Waals surface area contributed by atoms with Crippen molar-refractivity contribution in [3.63, 3.8) is 0 Å². The molecule has 7 heteroatoms. The lowest BCUT2D eigenvalue weighted by molar-refractivity contribution is 0.271. The van der Waals surface area contributed by atoms with Crippen LogP contribution in [-0.4, -0.2) is 44.7 Å². The van der Waals surface area contributed by atoms with E-state index in [0.29, 0.717) is 18.4 Å². The molecule has 0 saturated carbocycles. The smallest absolute Gasteiger partial charge is 0.229 e. The van der Waals surface area contributed by atoms with Gasteiger partial charge in [0.05, 0.1) is 16.4 Å². The Balaban J connectivity index is 2.52. The van der Waals surface area contributed by atoms with Crippen LogP contribution in [0.15, 0.2) is 23.1 Å². The summed E-state index contributed by atoms with van der Waals surface area (Å²) < 4.78 is 51.5. The van der Waals surface area contributed by atoms with Gasteiger partial charge in [0.2, 0.25) is 10.0 Å². The van der Waals surface area contributed by atoms with Crippen molar-refractivity contribution in [2.24, 2.45) is 0 Å². The molecule has 1 heterocycles. The molecule has 2 atom stereocenters. The number of sulfonamides is 1. The molecule has 23 heavy (non-hydrogen) atoms. The molecular weight excluding hydrogens is 334 g/mol. The van der Waals surface area contributed by atoms with E-state index in [9.17, 15) is 16.8 Å². The van der Waals surface area contributed by atoms with E-state index in [1.165, 1.54) is 4.31 Å². The molecule has 0 amide bonds. The molecule has 1 aliphatic rings. The maximum absolute atomic E-state index is 13.2. The van der Waals surface area contributed by atoms with Crippen molar-refractivity contribution >= 4 is 19.9 Å². The largest absolute Gasteiger partial charge is 0.243 e. The van der Waals surface area contributed by atoms with Gasteiger partial charge in [-0.05, 0) is 50.8 Å². The molecule has 0 aliphatic carbocycles. The standard InChI is InChI=1S/C16H25NO4S2/c1-5-14(4)17(15-8-9-22(18,19)11-15)23(20,21)16-10-12(2)6-7-13(16)3/h6-7,10,14-15H,5,8-9,11H2,1-4H3/t14-,15+/m0/s1. The van der Waals surface area contributed by atoms with Crippen LogP contribution in [0.1, 0.15) is 37.8 Å². The lowest BCUT2D eigenvalue weighted by Gasteiger charge is -2.33. The third kappa shape index (κ3) is 3.78. The fraction of sp³-hybridized carbons (Fsp3) is 0.625. The zero-order valence-corrected chi connectivity index (χ0v) is 15.7. The molecule has 0 bridgehead atoms. The SMILES string of the molecule is CC[C@H](C)N([C@@H]1CCS(=O)(=O)C1)S(=O)(=O)c1cc(C)ccc1C. The Kier molecular flexibility index (Phi) is 5.23. The molecule has 1 saturated heterocycles. The third-order valence-corrected chi connectivity index (χ3v) is 8.45. The molecule has 5 nitrogen and oxygen atoms in total. The number of rotatable bonds is 5. The van der Waals surface area contributed by atoms with Gasteiger partial charge in [0.1, 0.15) is 0 Å². The van der Waals surface area contributed by atoms with Gasteiger partial charge in [-0.25, -0.2) is 16.8 Å². The number of sulfone groups is 1. The van der Waals surface area contributed by atoms with E-state index in [1.807, 2.05) is 26.8 Å². The number of hydrogen-bond acceptors (Lipinski definition) is 4. The van der Waals surface area contributed by atoms with Gasteiger partial charge in [0, 0.05) is 12.1 Å². The van der Waals surface area contributed by atoms with E-state index in [1.54, 1.807) is 19.1 Å². The normalized spacial score (nSPS) is 22.4. The van der Waals surface area contributed by atoms with Crippen LogP contribution in [0.25, 0.3) is 0 Å². The topological polar surface area (TPSA) is 71.5 Å². The number of nitrogens with zero attached hydrogens (tertiary/aromatic N) is 1. The maximum atomic E-state index is 13.2. The van der Waals surface area contributed by atoms with E-state index in [-0.39, 0.29) is 22.4 Å². The molecule has 1 aromatic rings. The van der Waals surface area contributed by atoms with Crippen LogP contribution in [-0.2, 0) is 19.9 Å². The Morgan fingerprint density at radius 3 is 2.48 bits per heavy atom. The van der Waals surface area contributed by atoms with Crippen molar-refractivity contribution in [1.82, 2.24) is 4.31 Å². The lowest BCUT2D eigenvalue weighted by Crippen LogP contribution is -2.46. The highest BCUT2D eigenvalue weighted by atomic mass is 32.2. The Labute approximate surface area is 139 Å². The van der Waals surface area contributed by atoms with Gasteiger partial charge in [-0.3, -0.25) is 0 Å². The predicted octanol–water partition coefficient (Wildman–Crippen LogP) is 2.28. The van der Waals surface area contributed by atoms with Gasteiger partial charge in [0.15, 0.2) is 9.84 Å². The summed E-state index contributed by atoms with van der Waals surface area (Å²) in [6.45, 7) is 7.38. The first-order valence-corrected chi connectivity index (χ1v) is 11.2. The minimum Gasteiger partial charge on any atom is -0.229 e. The van der Waals surface area contributed by atoms with Crippen LogP contribution in [0.3, 0.4) is 0 Å². The van der Waals surface area contributed by atoms with Gasteiger partial charge < -0.3 is 0 Å². The summed E-state index contributed by atoms with van der Waals surface area (Å²) in [6.07, 6.45) is 1.01. The van der Waals surface area contributed by atoms with Crippen LogP contribution < -0.4 is 0 Å². The maximum Gasteiger partial charge on any atom is 0.243 e. The average molecular weight is 360 g/mol. The van der Waals surface area contributed by atoms with E-state index >= 15 is 0 Å². The van der Waals surface area contributed by atoms with Gasteiger partial charge in [-0.15, -0.1) is 0 Å². The van der Waals surface area contributed by atoms with Gasteiger partial charge >= 0.3 is 0 Å². The minimum atomic E-state index is -3.73. The second-order valence-electron chi connectivity index (χ2n) is 6.42. The van der Waals surface area contributed by atoms with Crippen LogP contribution in [0.5, 0.6) is 0 Å². The third-order valence-electron chi connectivity index (χ3n) is 4.49. The highest BCUT2D eigenvalue weighted by Gasteiger charge is 2.41. The molecule has 0 radical (unpaired) electrons. The highest BCUT2D eigenvalue weighted by Crippen LogP contribution is 2.30. The Hall–Kier alpha value is -0.920. The van der Waals surface area contributed by atoms with Gasteiger partial charge in [0.25, 0.3) is 0 Å². The van der Waals surface area contributed by atoms with E-state index < -0.39 is 25.9 Å². The first-order valence-electron chi connectivity index (χ1n) is 7.89. The van der Waals surface area contributed by atoms with Gasteiger partial charge in [-0.1, -0.05) is 19.1 Å². The summed E-state index contributed by atoms with van der Waals surface area (Å²) in [5.41, 5.74) is 1.56. The van der Waals surface area contributed by atoms with Crippen LogP contribution in [0.2, 0.25) is 0 Å². The van der Waals surface area contributed by atoms with Crippen molar-refractivity contribution in [2.45, 2.75) is 57.5 Å². The molecule has 1 aliphatic heterocycles. The lowest BCUT2D eigenvalue weighted by atomic mass is 10.2. The first kappa shape index (κ1) is 18.4. The fourth-order valence-corrected chi connectivity index (χ4v) is 7.09. The molecule has 130 valence electrons. The second-order valence-corrected chi connectivity index (χ2v) is 10.5. The fourth-order valence-electron chi connectivity index (χ4n) is 3.05. The average Bonchev–Trinajstić information content (AvgIpc) is 2.80. The quantitative estimate of drug-likeness (QED) is 0.808. The number of hydrogen-bond donors (Lipinski definition) is 0. The van der Waals surface area contributed by atoms with Crippen molar-refractivity contribution in [2.75, 3.05) is 11.5 Å². The summed E-state index contributed by atoms with van der Waals surface area (Å²) >= 11 is 0. The first-order chi connectivity index (χ1) is 10.6. The zero-order valence-electron chi connectivity index (χ0n) is 14.1. The van der Waals surface area contributed by atoms with Crippen LogP contribution in [0.4, 0.5) is 0 Å². The second kappa shape index (κ2) is 6.53. The minimum absolute atomic E-state index is 0.0624. The van der Waals surface area contributed by atoms with Crippen LogP contribution in [0, 0.1) is 13.8 Å².